The van der Waals surface area contributed by atoms with Crippen molar-refractivity contribution >= 4 is 26.6 Å². The lowest BCUT2D eigenvalue weighted by Crippen LogP contribution is -2.32. The van der Waals surface area contributed by atoms with Crippen molar-refractivity contribution in [2.24, 2.45) is 0 Å². The van der Waals surface area contributed by atoms with Crippen molar-refractivity contribution in [2.75, 3.05) is 18.8 Å². The Bertz CT molecular complexity index is 756. The van der Waals surface area contributed by atoms with Gasteiger partial charge in [-0.05, 0) is 24.6 Å². The molecule has 0 bridgehead atoms. The van der Waals surface area contributed by atoms with Crippen molar-refractivity contribution in [3.63, 3.8) is 0 Å². The minimum Gasteiger partial charge on any atom is -0.399 e. The normalized spacial score (nSPS) is 11.8. The second-order valence-electron chi connectivity index (χ2n) is 4.50. The fourth-order valence-electron chi connectivity index (χ4n) is 2.11. The van der Waals surface area contributed by atoms with Gasteiger partial charge in [0, 0.05) is 29.3 Å². The topological polar surface area (TPSA) is 79.2 Å². The van der Waals surface area contributed by atoms with E-state index in [4.69, 9.17) is 12.2 Å². The quantitative estimate of drug-likeness (QED) is 0.651. The van der Waals surface area contributed by atoms with Crippen LogP contribution in [0.2, 0.25) is 0 Å². The number of hydrogen-bond acceptors (Lipinski definition) is 3. The molecule has 0 radical (unpaired) electrons. The molecule has 0 unspecified atom stereocenters. The molecule has 20 heavy (non-hydrogen) atoms. The summed E-state index contributed by atoms with van der Waals surface area (Å²) in [4.78, 5) is 3.17. The van der Waals surface area contributed by atoms with Gasteiger partial charge in [-0.1, -0.05) is 12.8 Å². The number of sulfonamides is 1. The van der Waals surface area contributed by atoms with Crippen LogP contribution in [0.4, 0.5) is 5.69 Å². The number of terminal acetylenes is 1. The zero-order valence-electron chi connectivity index (χ0n) is 11.3. The Kier molecular flexibility index (Phi) is 4.02. The molecule has 0 aliphatic carbocycles. The average molecular weight is 291 g/mol. The van der Waals surface area contributed by atoms with Gasteiger partial charge in [0.1, 0.15) is 4.90 Å². The third-order valence-electron chi connectivity index (χ3n) is 3.03. The highest BCUT2D eigenvalue weighted by Crippen LogP contribution is 2.27. The van der Waals surface area contributed by atoms with Crippen LogP contribution in [0.5, 0.6) is 0 Å². The zero-order valence-corrected chi connectivity index (χ0v) is 12.1. The van der Waals surface area contributed by atoms with Crippen molar-refractivity contribution < 1.29 is 8.42 Å². The maximum atomic E-state index is 12.7. The number of rotatable bonds is 5. The predicted molar refractivity (Wildman–Crippen MR) is 80.6 cm³/mol. The van der Waals surface area contributed by atoms with Crippen molar-refractivity contribution in [2.45, 2.75) is 18.2 Å². The number of hydrogen-bond donors (Lipinski definition) is 2. The Morgan fingerprint density at radius 1 is 1.45 bits per heavy atom. The van der Waals surface area contributed by atoms with Crippen LogP contribution in [-0.4, -0.2) is 30.8 Å². The van der Waals surface area contributed by atoms with Crippen molar-refractivity contribution in [3.8, 4) is 12.3 Å². The van der Waals surface area contributed by atoms with Crippen LogP contribution in [0, 0.1) is 12.3 Å². The van der Waals surface area contributed by atoms with Gasteiger partial charge in [-0.25, -0.2) is 8.42 Å². The van der Waals surface area contributed by atoms with Gasteiger partial charge in [-0.15, -0.1) is 6.42 Å². The van der Waals surface area contributed by atoms with E-state index < -0.39 is 10.0 Å². The predicted octanol–water partition coefficient (Wildman–Crippen LogP) is 1.78. The lowest BCUT2D eigenvalue weighted by Gasteiger charge is -2.18. The molecular formula is C14H17N3O2S. The van der Waals surface area contributed by atoms with Gasteiger partial charge in [-0.3, -0.25) is 0 Å². The SMILES string of the molecule is C#CCN(CCC)S(=O)(=O)c1c[nH]c2cc(N)ccc12. The van der Waals surface area contributed by atoms with Gasteiger partial charge in [0.2, 0.25) is 10.0 Å². The Balaban J connectivity index is 2.53. The molecule has 0 atom stereocenters. The molecular weight excluding hydrogens is 274 g/mol. The first kappa shape index (κ1) is 14.4. The highest BCUT2D eigenvalue weighted by atomic mass is 32.2. The van der Waals surface area contributed by atoms with E-state index in [2.05, 4.69) is 10.9 Å². The number of benzene rings is 1. The first-order valence-corrected chi connectivity index (χ1v) is 7.75. The van der Waals surface area contributed by atoms with Crippen LogP contribution in [0.1, 0.15) is 13.3 Å². The molecule has 0 amide bonds. The van der Waals surface area contributed by atoms with E-state index in [1.54, 1.807) is 18.2 Å². The summed E-state index contributed by atoms with van der Waals surface area (Å²) in [5.41, 5.74) is 6.97. The van der Waals surface area contributed by atoms with Crippen LogP contribution >= 0.6 is 0 Å². The molecule has 0 fully saturated rings. The number of nitrogen functional groups attached to an aromatic ring is 1. The first-order valence-electron chi connectivity index (χ1n) is 6.31. The molecule has 0 aliphatic rings. The van der Waals surface area contributed by atoms with Gasteiger partial charge in [-0.2, -0.15) is 4.31 Å². The minimum absolute atomic E-state index is 0.0673. The third kappa shape index (κ3) is 2.50. The van der Waals surface area contributed by atoms with Crippen molar-refractivity contribution in [1.29, 1.82) is 0 Å². The molecule has 0 saturated heterocycles. The maximum Gasteiger partial charge on any atom is 0.246 e. The van der Waals surface area contributed by atoms with E-state index in [9.17, 15) is 8.42 Å². The third-order valence-corrected chi connectivity index (χ3v) is 4.91. The molecule has 106 valence electrons. The molecule has 0 saturated carbocycles. The lowest BCUT2D eigenvalue weighted by atomic mass is 10.2. The number of anilines is 1. The Morgan fingerprint density at radius 3 is 2.85 bits per heavy atom. The number of nitrogens with one attached hydrogen (secondary N) is 1. The van der Waals surface area contributed by atoms with Gasteiger partial charge in [0.25, 0.3) is 0 Å². The number of nitrogens with two attached hydrogens (primary N) is 1. The van der Waals surface area contributed by atoms with Gasteiger partial charge < -0.3 is 10.7 Å². The number of aromatic nitrogens is 1. The summed E-state index contributed by atoms with van der Waals surface area (Å²) in [7, 11) is -3.60. The fourth-order valence-corrected chi connectivity index (χ4v) is 3.71. The number of aromatic amines is 1. The van der Waals surface area contributed by atoms with Crippen LogP contribution in [0.3, 0.4) is 0 Å². The standard InChI is InChI=1S/C14H17N3O2S/c1-3-7-17(8-4-2)20(18,19)14-10-16-13-9-11(15)5-6-12(13)14/h1,5-6,9-10,16H,4,7-8,15H2,2H3. The average Bonchev–Trinajstić information content (AvgIpc) is 2.82. The van der Waals surface area contributed by atoms with E-state index in [0.717, 1.165) is 0 Å². The Hall–Kier alpha value is -1.97. The monoisotopic (exact) mass is 291 g/mol. The smallest absolute Gasteiger partial charge is 0.246 e. The molecule has 2 rings (SSSR count). The van der Waals surface area contributed by atoms with Gasteiger partial charge in [0.05, 0.1) is 6.54 Å². The van der Waals surface area contributed by atoms with E-state index in [-0.39, 0.29) is 11.4 Å². The molecule has 1 aromatic heterocycles. The van der Waals surface area contributed by atoms with Gasteiger partial charge >= 0.3 is 0 Å². The summed E-state index contributed by atoms with van der Waals surface area (Å²) >= 11 is 0. The highest BCUT2D eigenvalue weighted by molar-refractivity contribution is 7.89. The van der Waals surface area contributed by atoms with Crippen LogP contribution < -0.4 is 5.73 Å². The van der Waals surface area contributed by atoms with Gasteiger partial charge in [0.15, 0.2) is 0 Å². The second-order valence-corrected chi connectivity index (χ2v) is 6.41. The second kappa shape index (κ2) is 5.57. The van der Waals surface area contributed by atoms with Crippen molar-refractivity contribution in [1.82, 2.24) is 9.29 Å². The summed E-state index contributed by atoms with van der Waals surface area (Å²) in [5, 5.41) is 0.623. The molecule has 2 aromatic rings. The molecule has 0 aliphatic heterocycles. The number of fused-ring (bicyclic) bond motifs is 1. The van der Waals surface area contributed by atoms with Crippen molar-refractivity contribution in [3.05, 3.63) is 24.4 Å². The van der Waals surface area contributed by atoms with E-state index >= 15 is 0 Å². The molecule has 5 nitrogen and oxygen atoms in total. The van der Waals surface area contributed by atoms with E-state index in [1.807, 2.05) is 6.92 Å². The fraction of sp³-hybridized carbons (Fsp3) is 0.286. The summed E-state index contributed by atoms with van der Waals surface area (Å²) in [6.45, 7) is 2.38. The number of nitrogens with zero attached hydrogens (tertiary/aromatic N) is 1. The summed E-state index contributed by atoms with van der Waals surface area (Å²) in [6.07, 6.45) is 7.45. The molecule has 6 heteroatoms. The first-order chi connectivity index (χ1) is 9.50. The summed E-state index contributed by atoms with van der Waals surface area (Å²) in [5.74, 6) is 2.39. The molecule has 1 aromatic carbocycles. The Morgan fingerprint density at radius 2 is 2.20 bits per heavy atom. The van der Waals surface area contributed by atoms with E-state index in [1.165, 1.54) is 10.5 Å². The largest absolute Gasteiger partial charge is 0.399 e. The summed E-state index contributed by atoms with van der Waals surface area (Å²) < 4.78 is 26.6. The lowest BCUT2D eigenvalue weighted by molar-refractivity contribution is 0.446. The molecule has 0 spiro atoms. The van der Waals surface area contributed by atoms with Crippen LogP contribution in [0.25, 0.3) is 10.9 Å². The maximum absolute atomic E-state index is 12.7. The molecule has 3 N–H and O–H groups in total. The number of H-pyrrole nitrogens is 1. The summed E-state index contributed by atoms with van der Waals surface area (Å²) in [6, 6.07) is 5.09. The molecule has 1 heterocycles. The van der Waals surface area contributed by atoms with Crippen LogP contribution in [0.15, 0.2) is 29.3 Å². The highest BCUT2D eigenvalue weighted by Gasteiger charge is 2.26. The zero-order chi connectivity index (χ0) is 14.8. The van der Waals surface area contributed by atoms with E-state index in [0.29, 0.717) is 29.6 Å². The van der Waals surface area contributed by atoms with Crippen LogP contribution in [-0.2, 0) is 10.0 Å². The minimum atomic E-state index is -3.60. The Labute approximate surface area is 118 Å².